The predicted octanol–water partition coefficient (Wildman–Crippen LogP) is 26.2. The average molecular weight is 1660 g/mol. The molecule has 0 saturated heterocycles. The highest BCUT2D eigenvalue weighted by molar-refractivity contribution is 9.09. The molecule has 0 aliphatic heterocycles. The maximum Gasteiger partial charge on any atom is 0.335 e. The van der Waals surface area contributed by atoms with Gasteiger partial charge in [-0.1, -0.05) is 291 Å². The molecule has 3 aliphatic carbocycles. The number of alkyl halides is 1. The highest BCUT2D eigenvalue weighted by atomic mass is 79.9. The largest absolute Gasteiger partial charge is 0.508 e. The Morgan fingerprint density at radius 2 is 0.482 bits per heavy atom. The zero-order valence-electron chi connectivity index (χ0n) is 70.7. The third kappa shape index (κ3) is 54.8. The lowest BCUT2D eigenvalue weighted by atomic mass is 9.77. The number of aromatic hydroxyl groups is 2. The molecule has 3 saturated carbocycles. The fourth-order valence-electron chi connectivity index (χ4n) is 12.7. The zero-order valence-corrected chi connectivity index (χ0v) is 72.3. The van der Waals surface area contributed by atoms with Crippen molar-refractivity contribution in [3.05, 3.63) is 215 Å². The number of halogens is 1. The Morgan fingerprint density at radius 1 is 0.325 bits per heavy atom. The van der Waals surface area contributed by atoms with E-state index in [2.05, 4.69) is 84.2 Å². The monoisotopic (exact) mass is 1650 g/mol. The van der Waals surface area contributed by atoms with Gasteiger partial charge in [0.1, 0.15) is 34.5 Å². The molecular weight excluding hydrogens is 1500 g/mol. The normalized spacial score (nSPS) is 15.6. The van der Waals surface area contributed by atoms with Crippen LogP contribution in [0.15, 0.2) is 182 Å². The van der Waals surface area contributed by atoms with Gasteiger partial charge in [0.25, 0.3) is 0 Å². The van der Waals surface area contributed by atoms with Crippen molar-refractivity contribution >= 4 is 33.8 Å². The van der Waals surface area contributed by atoms with Crippen molar-refractivity contribution in [2.45, 2.75) is 280 Å². The molecule has 0 radical (unpaired) electrons. The molecule has 3 fully saturated rings. The van der Waals surface area contributed by atoms with Crippen molar-refractivity contribution in [1.82, 2.24) is 0 Å². The summed E-state index contributed by atoms with van der Waals surface area (Å²) in [5.74, 6) is 6.71. The maximum absolute atomic E-state index is 11.4. The number of carboxylic acid groups (broad SMARTS) is 1. The maximum atomic E-state index is 11.4. The van der Waals surface area contributed by atoms with Gasteiger partial charge in [0.2, 0.25) is 13.6 Å². The van der Waals surface area contributed by atoms with Crippen molar-refractivity contribution < 1.29 is 73.4 Å². The number of carbonyl (C=O) groups is 3. The van der Waals surface area contributed by atoms with E-state index in [-0.39, 0.29) is 60.5 Å². The van der Waals surface area contributed by atoms with Gasteiger partial charge in [-0.05, 0) is 240 Å². The van der Waals surface area contributed by atoms with E-state index in [1.807, 2.05) is 156 Å². The average Bonchev–Trinajstić information content (AvgIpc) is 0.890. The van der Waals surface area contributed by atoms with Crippen molar-refractivity contribution in [2.24, 2.45) is 35.5 Å². The number of aliphatic hydroxyl groups is 3. The van der Waals surface area contributed by atoms with Gasteiger partial charge in [-0.15, -0.1) is 0 Å². The third-order valence-electron chi connectivity index (χ3n) is 18.9. The van der Waals surface area contributed by atoms with Crippen LogP contribution in [0.25, 0.3) is 0 Å². The molecule has 114 heavy (non-hydrogen) atoms. The summed E-state index contributed by atoms with van der Waals surface area (Å²) in [5.41, 5.74) is 8.93. The molecule has 0 amide bonds. The van der Waals surface area contributed by atoms with Crippen LogP contribution in [0.1, 0.15) is 275 Å². The Kier molecular flexibility index (Phi) is 75.6. The number of carbonyl (C=O) groups excluding carboxylic acids is 2. The van der Waals surface area contributed by atoms with Crippen molar-refractivity contribution in [1.29, 1.82) is 0 Å². The van der Waals surface area contributed by atoms with Crippen LogP contribution < -0.4 is 18.9 Å². The number of phenols is 2. The molecule has 6 aromatic carbocycles. The van der Waals surface area contributed by atoms with Gasteiger partial charge < -0.3 is 59.1 Å². The number of rotatable bonds is 31. The van der Waals surface area contributed by atoms with E-state index in [9.17, 15) is 24.6 Å². The molecule has 0 unspecified atom stereocenters. The number of hydrogen-bond donors (Lipinski definition) is 6. The summed E-state index contributed by atoms with van der Waals surface area (Å²) in [4.78, 5) is 32.4. The van der Waals surface area contributed by atoms with Crippen LogP contribution in [0.5, 0.6) is 34.5 Å². The molecule has 6 aromatic rings. The number of aryl methyl sites for hydroxylation is 6. The van der Waals surface area contributed by atoms with Gasteiger partial charge in [0.15, 0.2) is 13.6 Å². The van der Waals surface area contributed by atoms with E-state index in [4.69, 9.17) is 48.8 Å². The topological polar surface area (TPSA) is 228 Å². The number of hydrogen-bond acceptors (Lipinski definition) is 14. The number of aliphatic carboxylic acids is 1. The number of phenolic OH excluding ortho intramolecular Hbond substituents is 2. The minimum atomic E-state index is -0.935. The molecule has 0 heterocycles. The van der Waals surface area contributed by atoms with E-state index in [1.165, 1.54) is 156 Å². The zero-order chi connectivity index (χ0) is 83.6. The summed E-state index contributed by atoms with van der Waals surface area (Å²) in [7, 11) is 0. The predicted molar refractivity (Wildman–Crippen MR) is 483 cm³/mol. The van der Waals surface area contributed by atoms with Gasteiger partial charge in [-0.3, -0.25) is 0 Å². The summed E-state index contributed by atoms with van der Waals surface area (Å²) < 4.78 is 31.0. The second-order valence-electron chi connectivity index (χ2n) is 26.5. The lowest BCUT2D eigenvalue weighted by Gasteiger charge is -2.28. The molecule has 3 aliphatic rings. The van der Waals surface area contributed by atoms with E-state index in [1.54, 1.807) is 38.1 Å². The smallest absolute Gasteiger partial charge is 0.335 e. The first kappa shape index (κ1) is 115. The van der Waals surface area contributed by atoms with Crippen LogP contribution in [0, 0.1) is 35.5 Å². The minimum absolute atomic E-state index is 0. The first-order chi connectivity index (χ1) is 53.8. The Balaban J connectivity index is -0.000000466. The molecule has 0 spiro atoms. The van der Waals surface area contributed by atoms with Gasteiger partial charge in [0, 0.05) is 16.7 Å². The third-order valence-corrected chi connectivity index (χ3v) is 18.9. The first-order valence-electron chi connectivity index (χ1n) is 41.2. The van der Waals surface area contributed by atoms with Crippen molar-refractivity contribution in [3.63, 3.8) is 0 Å². The quantitative estimate of drug-likeness (QED) is 0.0103. The van der Waals surface area contributed by atoms with E-state index in [0.29, 0.717) is 34.1 Å². The van der Waals surface area contributed by atoms with Crippen LogP contribution in [-0.4, -0.2) is 81.2 Å². The fourth-order valence-corrected chi connectivity index (χ4v) is 12.7. The Bertz CT molecular complexity index is 3020. The number of aliphatic hydroxyl groups excluding tert-OH is 3. The second-order valence-corrected chi connectivity index (χ2v) is 27.0. The highest BCUT2D eigenvalue weighted by Crippen LogP contribution is 2.37. The van der Waals surface area contributed by atoms with Crippen LogP contribution >= 0.6 is 15.9 Å². The summed E-state index contributed by atoms with van der Waals surface area (Å²) in [5, 5.41) is 51.6. The van der Waals surface area contributed by atoms with Crippen molar-refractivity contribution in [2.75, 3.05) is 32.7 Å². The highest BCUT2D eigenvalue weighted by Gasteiger charge is 2.24. The van der Waals surface area contributed by atoms with Gasteiger partial charge in [0.05, 0.1) is 5.52 Å². The molecule has 646 valence electrons. The van der Waals surface area contributed by atoms with Crippen LogP contribution in [0.4, 0.5) is 0 Å². The van der Waals surface area contributed by atoms with E-state index < -0.39 is 17.9 Å². The minimum Gasteiger partial charge on any atom is -0.508 e. The first-order valence-corrected chi connectivity index (χ1v) is 42.3. The van der Waals surface area contributed by atoms with Gasteiger partial charge in [-0.25, -0.2) is 14.4 Å². The fraction of sp³-hybridized carbons (Fsp3) is 0.541. The Labute approximate surface area is 701 Å². The number of esters is 2. The van der Waals surface area contributed by atoms with Gasteiger partial charge in [-0.2, -0.15) is 0 Å². The molecule has 9 rings (SSSR count). The van der Waals surface area contributed by atoms with Crippen LogP contribution in [0.2, 0.25) is 0 Å². The standard InChI is InChI=1S/C32H40O6.C24H32O4.C22H28O2.C4H6O2.6C2H6.CH3BrO.3CH4/c1-23(2)31(33)37-21-35-29-17-13-27(14-18-29)11-9-25-5-7-26(8-6-25)10-12-28-15-19-30(20-16-28)36-22-38-32(34)24(3)4;25-17-27-23-13-9-21(10-14-23)7-5-19-1-2-20(4-3-19)6-8-22-11-15-24(16-12-22)28-18-26;23-21-13-9-19(10-14-21)7-5-17-1-2-18(4-3-17)6-8-20-11-15-22(24)16-12-20;1-3(2)4(5)6;6*1-2;2-1-3;;;/h13-20,25-26H,1,3,5-12,21-22H2,2,4H3;9-16,19-20,25-26H,1-8,17-18H2;9-18,23-24H,1-8H2;1H2,2H3,(H,5,6);6*1-2H3;3H,1H2;3*1H4. The summed E-state index contributed by atoms with van der Waals surface area (Å²) >= 11 is 2.70. The summed E-state index contributed by atoms with van der Waals surface area (Å²) in [6, 6.07) is 47.5. The van der Waals surface area contributed by atoms with E-state index in [0.717, 1.165) is 85.5 Å². The molecule has 6 N–H and O–H groups in total. The Morgan fingerprint density at radius 3 is 0.632 bits per heavy atom. The lowest BCUT2D eigenvalue weighted by molar-refractivity contribution is -0.146. The Hall–Kier alpha value is -7.89. The van der Waals surface area contributed by atoms with Gasteiger partial charge >= 0.3 is 17.9 Å². The molecular formula is C98H157BrO15. The second kappa shape index (κ2) is 75.2. The molecule has 0 bridgehead atoms. The number of carboxylic acids is 1. The molecule has 15 nitrogen and oxygen atoms in total. The lowest BCUT2D eigenvalue weighted by Crippen LogP contribution is -2.15. The summed E-state index contributed by atoms with van der Waals surface area (Å²) in [6.07, 6.45) is 30.2. The number of ether oxygens (including phenoxy) is 6. The van der Waals surface area contributed by atoms with E-state index >= 15 is 0 Å². The summed E-state index contributed by atoms with van der Waals surface area (Å²) in [6.45, 7) is 38.2. The molecule has 0 aromatic heterocycles. The molecule has 0 atom stereocenters. The van der Waals surface area contributed by atoms with Crippen LogP contribution in [-0.2, 0) is 62.4 Å². The molecule has 16 heteroatoms. The van der Waals surface area contributed by atoms with Crippen LogP contribution in [0.3, 0.4) is 0 Å². The number of benzene rings is 6. The van der Waals surface area contributed by atoms with Crippen molar-refractivity contribution in [3.8, 4) is 34.5 Å². The SMILES string of the molecule is C.C.C.C=C(C)C(=O)O.C=C(C)C(=O)OCOc1ccc(CCC2CCC(CCc3ccc(OCOC(=O)C(=C)C)cc3)CC2)cc1.CC.CC.CC.CC.CC.CC.OCBr.OCOc1ccc(CCC2CCC(CCc3ccc(OCO)cc3)CC2)cc1.Oc1ccc(CCC2CCC(CCc3ccc(O)cc3)CC2)cc1.